The second-order valence-corrected chi connectivity index (χ2v) is 6.83. The molecule has 30 heavy (non-hydrogen) atoms. The first-order valence-electron chi connectivity index (χ1n) is 9.43. The van der Waals surface area contributed by atoms with Crippen molar-refractivity contribution in [3.63, 3.8) is 0 Å². The molecule has 7 heteroatoms. The van der Waals surface area contributed by atoms with E-state index in [1.165, 1.54) is 0 Å². The Labute approximate surface area is 179 Å². The van der Waals surface area contributed by atoms with E-state index >= 15 is 0 Å². The molecule has 0 fully saturated rings. The summed E-state index contributed by atoms with van der Waals surface area (Å²) in [5.41, 5.74) is 2.04. The lowest BCUT2D eigenvalue weighted by atomic mass is 10.2. The lowest BCUT2D eigenvalue weighted by Crippen LogP contribution is -2.04. The van der Waals surface area contributed by atoms with Crippen LogP contribution >= 0.6 is 12.2 Å². The summed E-state index contributed by atoms with van der Waals surface area (Å²) in [4.78, 5) is 0. The zero-order valence-corrected chi connectivity index (χ0v) is 17.0. The van der Waals surface area contributed by atoms with Crippen molar-refractivity contribution in [3.8, 4) is 11.5 Å². The molecule has 1 N–H and O–H groups in total. The fraction of sp³-hybridized carbons (Fsp3) is 0.0870. The Hall–Kier alpha value is -3.71. The highest BCUT2D eigenvalue weighted by molar-refractivity contribution is 7.71. The summed E-state index contributed by atoms with van der Waals surface area (Å²) in [6, 6.07) is 27.3. The molecule has 3 aromatic carbocycles. The number of aromatic amines is 1. The molecule has 0 aliphatic rings. The molecule has 150 valence electrons. The fourth-order valence-corrected chi connectivity index (χ4v) is 2.91. The van der Waals surface area contributed by atoms with Crippen molar-refractivity contribution < 1.29 is 9.47 Å². The van der Waals surface area contributed by atoms with Gasteiger partial charge in [0.25, 0.3) is 0 Å². The summed E-state index contributed by atoms with van der Waals surface area (Å²) >= 11 is 5.28. The minimum atomic E-state index is 0.251. The Bertz CT molecular complexity index is 1150. The molecule has 0 atom stereocenters. The number of benzene rings is 3. The Morgan fingerprint density at radius 1 is 0.833 bits per heavy atom. The fourth-order valence-electron chi connectivity index (χ4n) is 2.72. The predicted molar refractivity (Wildman–Crippen MR) is 118 cm³/mol. The van der Waals surface area contributed by atoms with Crippen LogP contribution in [0, 0.1) is 4.77 Å². The van der Waals surface area contributed by atoms with Crippen LogP contribution in [0.25, 0.3) is 0 Å². The third-order valence-electron chi connectivity index (χ3n) is 4.28. The van der Waals surface area contributed by atoms with Gasteiger partial charge in [-0.05, 0) is 59.7 Å². The average Bonchev–Trinajstić information content (AvgIpc) is 3.16. The molecule has 4 aromatic rings. The zero-order chi connectivity index (χ0) is 20.6. The van der Waals surface area contributed by atoms with E-state index in [0.717, 1.165) is 22.6 Å². The van der Waals surface area contributed by atoms with Gasteiger partial charge in [0.15, 0.2) is 5.82 Å². The first-order valence-corrected chi connectivity index (χ1v) is 9.84. The Kier molecular flexibility index (Phi) is 6.31. The standard InChI is InChI=1S/C23H20N4O2S/c30-23-26-25-22(17-29-20-9-5-2-6-10-20)27(23)24-15-18-11-13-21(14-12-18)28-16-19-7-3-1-4-8-19/h1-15H,16-17H2,(H,26,30)/b24-15-. The second-order valence-electron chi connectivity index (χ2n) is 6.45. The minimum absolute atomic E-state index is 0.251. The van der Waals surface area contributed by atoms with E-state index in [1.807, 2.05) is 84.9 Å². The highest BCUT2D eigenvalue weighted by atomic mass is 32.1. The van der Waals surface area contributed by atoms with Crippen LogP contribution in [0.15, 0.2) is 90.0 Å². The third kappa shape index (κ3) is 5.21. The number of hydrogen-bond acceptors (Lipinski definition) is 5. The molecule has 6 nitrogen and oxygen atoms in total. The molecule has 4 rings (SSSR count). The number of nitrogens with one attached hydrogen (secondary N) is 1. The van der Waals surface area contributed by atoms with Gasteiger partial charge in [0.2, 0.25) is 4.77 Å². The number of rotatable bonds is 8. The Morgan fingerprint density at radius 3 is 2.20 bits per heavy atom. The molecule has 0 bridgehead atoms. The molecule has 1 aromatic heterocycles. The lowest BCUT2D eigenvalue weighted by molar-refractivity contribution is 0.290. The van der Waals surface area contributed by atoms with Gasteiger partial charge in [-0.2, -0.15) is 14.9 Å². The molecule has 0 saturated carbocycles. The minimum Gasteiger partial charge on any atom is -0.489 e. The number of para-hydroxylation sites is 1. The van der Waals surface area contributed by atoms with Gasteiger partial charge in [-0.15, -0.1) is 0 Å². The van der Waals surface area contributed by atoms with Gasteiger partial charge >= 0.3 is 0 Å². The first-order chi connectivity index (χ1) is 14.8. The Balaban J connectivity index is 1.39. The van der Waals surface area contributed by atoms with Gasteiger partial charge < -0.3 is 9.47 Å². The van der Waals surface area contributed by atoms with Crippen LogP contribution in [0.3, 0.4) is 0 Å². The molecule has 0 saturated heterocycles. The highest BCUT2D eigenvalue weighted by Crippen LogP contribution is 2.14. The number of hydrogen-bond donors (Lipinski definition) is 1. The SMILES string of the molecule is S=c1[nH]nc(COc2ccccc2)n1/N=C\c1ccc(OCc2ccccc2)cc1. The molecule has 0 aliphatic carbocycles. The van der Waals surface area contributed by atoms with Crippen molar-refractivity contribution in [2.24, 2.45) is 5.10 Å². The lowest BCUT2D eigenvalue weighted by Gasteiger charge is -2.06. The van der Waals surface area contributed by atoms with Crippen molar-refractivity contribution in [3.05, 3.63) is 107 Å². The van der Waals surface area contributed by atoms with Crippen LogP contribution in [-0.2, 0) is 13.2 Å². The van der Waals surface area contributed by atoms with Gasteiger partial charge in [-0.25, -0.2) is 5.10 Å². The first kappa shape index (κ1) is 19.6. The second kappa shape index (κ2) is 9.67. The molecule has 0 unspecified atom stereocenters. The maximum absolute atomic E-state index is 5.81. The van der Waals surface area contributed by atoms with Crippen molar-refractivity contribution in [1.29, 1.82) is 0 Å². The largest absolute Gasteiger partial charge is 0.489 e. The number of aromatic nitrogens is 3. The summed E-state index contributed by atoms with van der Waals surface area (Å²) in [5, 5.41) is 11.4. The monoisotopic (exact) mass is 416 g/mol. The topological polar surface area (TPSA) is 64.4 Å². The van der Waals surface area contributed by atoms with Crippen molar-refractivity contribution in [2.45, 2.75) is 13.2 Å². The third-order valence-corrected chi connectivity index (χ3v) is 4.54. The summed E-state index contributed by atoms with van der Waals surface area (Å²) < 4.78 is 13.5. The van der Waals surface area contributed by atoms with E-state index in [9.17, 15) is 0 Å². The van der Waals surface area contributed by atoms with Gasteiger partial charge in [-0.3, -0.25) is 0 Å². The maximum Gasteiger partial charge on any atom is 0.216 e. The molecular weight excluding hydrogens is 396 g/mol. The van der Waals surface area contributed by atoms with Gasteiger partial charge in [0.05, 0.1) is 6.21 Å². The number of H-pyrrole nitrogens is 1. The van der Waals surface area contributed by atoms with E-state index in [-0.39, 0.29) is 6.61 Å². The zero-order valence-electron chi connectivity index (χ0n) is 16.1. The van der Waals surface area contributed by atoms with Crippen LogP contribution < -0.4 is 9.47 Å². The summed E-state index contributed by atoms with van der Waals surface area (Å²) in [6.07, 6.45) is 1.72. The average molecular weight is 417 g/mol. The van der Waals surface area contributed by atoms with Crippen molar-refractivity contribution >= 4 is 18.4 Å². The summed E-state index contributed by atoms with van der Waals surface area (Å²) in [6.45, 7) is 0.782. The smallest absolute Gasteiger partial charge is 0.216 e. The predicted octanol–water partition coefficient (Wildman–Crippen LogP) is 4.98. The molecule has 0 radical (unpaired) electrons. The van der Waals surface area contributed by atoms with Crippen LogP contribution in [0.4, 0.5) is 0 Å². The van der Waals surface area contributed by atoms with Crippen molar-refractivity contribution in [1.82, 2.24) is 14.9 Å². The van der Waals surface area contributed by atoms with E-state index in [0.29, 0.717) is 17.2 Å². The van der Waals surface area contributed by atoms with Crippen LogP contribution in [0.1, 0.15) is 17.0 Å². The number of nitrogens with zero attached hydrogens (tertiary/aromatic N) is 3. The maximum atomic E-state index is 5.81. The van der Waals surface area contributed by atoms with Crippen LogP contribution in [0.5, 0.6) is 11.5 Å². The molecular formula is C23H20N4O2S. The van der Waals surface area contributed by atoms with E-state index in [1.54, 1.807) is 10.9 Å². The number of ether oxygens (including phenoxy) is 2. The van der Waals surface area contributed by atoms with Crippen LogP contribution in [-0.4, -0.2) is 21.1 Å². The van der Waals surface area contributed by atoms with Crippen molar-refractivity contribution in [2.75, 3.05) is 0 Å². The van der Waals surface area contributed by atoms with E-state index in [4.69, 9.17) is 21.7 Å². The molecule has 0 amide bonds. The highest BCUT2D eigenvalue weighted by Gasteiger charge is 2.06. The molecule has 1 heterocycles. The molecule has 0 aliphatic heterocycles. The molecule has 0 spiro atoms. The van der Waals surface area contributed by atoms with Gasteiger partial charge in [0.1, 0.15) is 24.7 Å². The van der Waals surface area contributed by atoms with Gasteiger partial charge in [-0.1, -0.05) is 48.5 Å². The summed E-state index contributed by atoms with van der Waals surface area (Å²) in [5.74, 6) is 2.14. The quantitative estimate of drug-likeness (QED) is 0.325. The van der Waals surface area contributed by atoms with E-state index in [2.05, 4.69) is 15.3 Å². The van der Waals surface area contributed by atoms with Crippen LogP contribution in [0.2, 0.25) is 0 Å². The summed E-state index contributed by atoms with van der Waals surface area (Å²) in [7, 11) is 0. The Morgan fingerprint density at radius 2 is 1.47 bits per heavy atom. The van der Waals surface area contributed by atoms with Gasteiger partial charge in [0, 0.05) is 0 Å². The van der Waals surface area contributed by atoms with E-state index < -0.39 is 0 Å². The normalized spacial score (nSPS) is 10.9.